The van der Waals surface area contributed by atoms with E-state index >= 15 is 0 Å². The summed E-state index contributed by atoms with van der Waals surface area (Å²) in [6.45, 7) is 3.76. The molecule has 3 aromatic rings. The van der Waals surface area contributed by atoms with Crippen molar-refractivity contribution in [1.29, 1.82) is 0 Å². The Morgan fingerprint density at radius 1 is 1.00 bits per heavy atom. The van der Waals surface area contributed by atoms with Crippen molar-refractivity contribution >= 4 is 17.3 Å². The monoisotopic (exact) mass is 336 g/mol. The van der Waals surface area contributed by atoms with E-state index in [1.807, 2.05) is 19.1 Å². The first-order valence-corrected chi connectivity index (χ1v) is 8.69. The highest BCUT2D eigenvalue weighted by Gasteiger charge is 2.32. The van der Waals surface area contributed by atoms with Crippen molar-refractivity contribution in [2.45, 2.75) is 31.7 Å². The van der Waals surface area contributed by atoms with Gasteiger partial charge in [-0.1, -0.05) is 0 Å². The minimum Gasteiger partial charge on any atom is -0.352 e. The average Bonchev–Trinajstić information content (AvgIpc) is 3.38. The highest BCUT2D eigenvalue weighted by molar-refractivity contribution is 5.50. The molecular weight excluding hydrogens is 316 g/mol. The molecule has 1 aliphatic heterocycles. The van der Waals surface area contributed by atoms with Crippen LogP contribution in [0.15, 0.2) is 24.3 Å². The van der Waals surface area contributed by atoms with Crippen LogP contribution in [0.5, 0.6) is 0 Å². The van der Waals surface area contributed by atoms with Gasteiger partial charge in [0.2, 0.25) is 0 Å². The highest BCUT2D eigenvalue weighted by atomic mass is 15.4. The SMILES string of the molecule is Cc1nnc2ccc(N(C)C3CN(c4ccc(C5CC5)nn4)C3)nn12. The first-order valence-electron chi connectivity index (χ1n) is 8.69. The zero-order chi connectivity index (χ0) is 17.0. The predicted molar refractivity (Wildman–Crippen MR) is 93.9 cm³/mol. The Bertz CT molecular complexity index is 908. The molecule has 5 rings (SSSR count). The lowest BCUT2D eigenvalue weighted by Crippen LogP contribution is -2.59. The highest BCUT2D eigenvalue weighted by Crippen LogP contribution is 2.38. The van der Waals surface area contributed by atoms with Crippen LogP contribution in [0.2, 0.25) is 0 Å². The second-order valence-corrected chi connectivity index (χ2v) is 6.97. The Hall–Kier alpha value is -2.77. The van der Waals surface area contributed by atoms with Gasteiger partial charge in [-0.3, -0.25) is 0 Å². The molecule has 0 unspecified atom stereocenters. The summed E-state index contributed by atoms with van der Waals surface area (Å²) in [5.74, 6) is 3.34. The van der Waals surface area contributed by atoms with Crippen LogP contribution in [0.3, 0.4) is 0 Å². The lowest BCUT2D eigenvalue weighted by atomic mass is 10.1. The Morgan fingerprint density at radius 3 is 2.56 bits per heavy atom. The van der Waals surface area contributed by atoms with Gasteiger partial charge < -0.3 is 9.80 Å². The summed E-state index contributed by atoms with van der Waals surface area (Å²) in [6.07, 6.45) is 2.52. The maximum atomic E-state index is 4.64. The summed E-state index contributed by atoms with van der Waals surface area (Å²) in [6, 6.07) is 8.59. The molecular formula is C17H20N8. The first-order chi connectivity index (χ1) is 12.2. The van der Waals surface area contributed by atoms with Gasteiger partial charge in [0.15, 0.2) is 17.3 Å². The van der Waals surface area contributed by atoms with Crippen LogP contribution in [0.1, 0.15) is 30.3 Å². The van der Waals surface area contributed by atoms with Crippen LogP contribution in [-0.2, 0) is 0 Å². The number of nitrogens with zero attached hydrogens (tertiary/aromatic N) is 8. The molecule has 8 nitrogen and oxygen atoms in total. The molecule has 2 fully saturated rings. The van der Waals surface area contributed by atoms with Gasteiger partial charge in [0.05, 0.1) is 11.7 Å². The van der Waals surface area contributed by atoms with E-state index in [0.717, 1.165) is 41.9 Å². The minimum atomic E-state index is 0.409. The summed E-state index contributed by atoms with van der Waals surface area (Å²) < 4.78 is 1.78. The molecule has 3 aromatic heterocycles. The van der Waals surface area contributed by atoms with Crippen molar-refractivity contribution in [3.63, 3.8) is 0 Å². The minimum absolute atomic E-state index is 0.409. The predicted octanol–water partition coefficient (Wildman–Crippen LogP) is 1.43. The van der Waals surface area contributed by atoms with E-state index in [4.69, 9.17) is 0 Å². The smallest absolute Gasteiger partial charge is 0.178 e. The summed E-state index contributed by atoms with van der Waals surface area (Å²) in [5, 5.41) is 21.6. The van der Waals surface area contributed by atoms with Gasteiger partial charge in [0.1, 0.15) is 5.82 Å². The van der Waals surface area contributed by atoms with E-state index in [1.54, 1.807) is 4.52 Å². The fourth-order valence-corrected chi connectivity index (χ4v) is 3.25. The van der Waals surface area contributed by atoms with Crippen LogP contribution >= 0.6 is 0 Å². The number of hydrogen-bond donors (Lipinski definition) is 0. The summed E-state index contributed by atoms with van der Waals surface area (Å²) in [7, 11) is 2.08. The van der Waals surface area contributed by atoms with Crippen LogP contribution in [0.25, 0.3) is 5.65 Å². The Balaban J connectivity index is 1.27. The number of likely N-dealkylation sites (N-methyl/N-ethyl adjacent to an activating group) is 1. The number of rotatable bonds is 4. The number of anilines is 2. The van der Waals surface area contributed by atoms with Crippen LogP contribution in [0.4, 0.5) is 11.6 Å². The van der Waals surface area contributed by atoms with Gasteiger partial charge in [0.25, 0.3) is 0 Å². The molecule has 0 amide bonds. The fraction of sp³-hybridized carbons (Fsp3) is 0.471. The zero-order valence-corrected chi connectivity index (χ0v) is 14.4. The van der Waals surface area contributed by atoms with Crippen LogP contribution < -0.4 is 9.80 Å². The number of fused-ring (bicyclic) bond motifs is 1. The van der Waals surface area contributed by atoms with E-state index in [0.29, 0.717) is 12.0 Å². The van der Waals surface area contributed by atoms with Crippen molar-refractivity contribution in [3.05, 3.63) is 35.8 Å². The topological polar surface area (TPSA) is 75.3 Å². The molecule has 1 saturated carbocycles. The quantitative estimate of drug-likeness (QED) is 0.713. The molecule has 0 N–H and O–H groups in total. The van der Waals surface area contributed by atoms with E-state index < -0.39 is 0 Å². The number of hydrogen-bond acceptors (Lipinski definition) is 7. The normalized spacial score (nSPS) is 17.8. The lowest BCUT2D eigenvalue weighted by molar-refractivity contribution is 0.485. The van der Waals surface area contributed by atoms with Crippen molar-refractivity contribution in [2.24, 2.45) is 0 Å². The maximum Gasteiger partial charge on any atom is 0.178 e. The zero-order valence-electron chi connectivity index (χ0n) is 14.4. The summed E-state index contributed by atoms with van der Waals surface area (Å²) in [4.78, 5) is 4.47. The van der Waals surface area contributed by atoms with E-state index in [-0.39, 0.29) is 0 Å². The third kappa shape index (κ3) is 2.48. The largest absolute Gasteiger partial charge is 0.352 e. The summed E-state index contributed by atoms with van der Waals surface area (Å²) >= 11 is 0. The molecule has 8 heteroatoms. The van der Waals surface area contributed by atoms with Crippen molar-refractivity contribution in [1.82, 2.24) is 30.0 Å². The van der Waals surface area contributed by atoms with Gasteiger partial charge in [-0.25, -0.2) is 0 Å². The molecule has 25 heavy (non-hydrogen) atoms. The fourth-order valence-electron chi connectivity index (χ4n) is 3.25. The Labute approximate surface area is 145 Å². The first kappa shape index (κ1) is 14.6. The molecule has 1 aliphatic carbocycles. The van der Waals surface area contributed by atoms with Crippen LogP contribution in [0, 0.1) is 6.92 Å². The maximum absolute atomic E-state index is 4.64. The molecule has 0 radical (unpaired) electrons. The van der Waals surface area contributed by atoms with Gasteiger partial charge in [-0.05, 0) is 44.0 Å². The molecule has 0 atom stereocenters. The number of aromatic nitrogens is 6. The standard InChI is InChI=1S/C17H20N8/c1-11-18-21-16-7-8-17(22-25(11)16)23(2)13-9-24(10-13)15-6-5-14(19-20-15)12-3-4-12/h5-8,12-13H,3-4,9-10H2,1-2H3. The molecule has 1 saturated heterocycles. The molecule has 4 heterocycles. The van der Waals surface area contributed by atoms with Crippen LogP contribution in [-0.4, -0.2) is 56.2 Å². The number of aryl methyl sites for hydroxylation is 1. The van der Waals surface area contributed by atoms with Crippen molar-refractivity contribution in [3.8, 4) is 0 Å². The van der Waals surface area contributed by atoms with Gasteiger partial charge in [-0.15, -0.1) is 20.4 Å². The molecule has 0 bridgehead atoms. The molecule has 0 aromatic carbocycles. The van der Waals surface area contributed by atoms with Crippen molar-refractivity contribution < 1.29 is 0 Å². The third-order valence-electron chi connectivity index (χ3n) is 5.17. The second-order valence-electron chi connectivity index (χ2n) is 6.97. The van der Waals surface area contributed by atoms with E-state index in [2.05, 4.69) is 54.5 Å². The molecule has 128 valence electrons. The molecule has 2 aliphatic rings. The second kappa shape index (κ2) is 5.37. The van der Waals surface area contributed by atoms with Gasteiger partial charge >= 0.3 is 0 Å². The van der Waals surface area contributed by atoms with Gasteiger partial charge in [0, 0.05) is 26.1 Å². The van der Waals surface area contributed by atoms with Gasteiger partial charge in [-0.2, -0.15) is 9.61 Å². The average molecular weight is 336 g/mol. The van der Waals surface area contributed by atoms with E-state index in [1.165, 1.54) is 12.8 Å². The lowest BCUT2D eigenvalue weighted by Gasteiger charge is -2.44. The Kier molecular flexibility index (Phi) is 3.13. The van der Waals surface area contributed by atoms with E-state index in [9.17, 15) is 0 Å². The van der Waals surface area contributed by atoms with Crippen molar-refractivity contribution in [2.75, 3.05) is 29.9 Å². The molecule has 0 spiro atoms. The Morgan fingerprint density at radius 2 is 1.84 bits per heavy atom. The third-order valence-corrected chi connectivity index (χ3v) is 5.17. The summed E-state index contributed by atoms with van der Waals surface area (Å²) in [5.41, 5.74) is 1.91.